The van der Waals surface area contributed by atoms with Gasteiger partial charge in [0, 0.05) is 13.5 Å². The van der Waals surface area contributed by atoms with Crippen molar-refractivity contribution in [2.75, 3.05) is 26.9 Å². The summed E-state index contributed by atoms with van der Waals surface area (Å²) < 4.78 is 18.0. The fourth-order valence-electron chi connectivity index (χ4n) is 3.02. The van der Waals surface area contributed by atoms with Gasteiger partial charge in [-0.15, -0.1) is 0 Å². The van der Waals surface area contributed by atoms with Gasteiger partial charge in [0.2, 0.25) is 0 Å². The number of amides is 1. The highest BCUT2D eigenvalue weighted by molar-refractivity contribution is 8.26. The number of hydrogen-bond acceptors (Lipinski definition) is 6. The number of carbonyl (C=O) groups excluding carboxylic acids is 1. The Kier molecular flexibility index (Phi) is 8.84. The van der Waals surface area contributed by atoms with Crippen LogP contribution in [0.1, 0.15) is 31.4 Å². The van der Waals surface area contributed by atoms with Crippen LogP contribution in [0.15, 0.2) is 41.3 Å². The number of carbonyl (C=O) groups is 1. The van der Waals surface area contributed by atoms with Gasteiger partial charge >= 0.3 is 0 Å². The molecule has 0 aromatic heterocycles. The molecule has 0 unspecified atom stereocenters. The molecule has 0 bridgehead atoms. The van der Waals surface area contributed by atoms with Crippen LogP contribution in [-0.2, 0) is 11.2 Å². The number of rotatable bonds is 10. The van der Waals surface area contributed by atoms with Gasteiger partial charge in [-0.1, -0.05) is 54.6 Å². The molecule has 170 valence electrons. The SMILES string of the molecule is CCOc1cc(C=C2SC(=S)N(C)C2=O)cc(Cl)c1OCCCOc1ccc(CC)cc1. The summed E-state index contributed by atoms with van der Waals surface area (Å²) in [5.74, 6) is 1.74. The number of ether oxygens (including phenoxy) is 3. The number of halogens is 1. The Labute approximate surface area is 203 Å². The van der Waals surface area contributed by atoms with E-state index < -0.39 is 0 Å². The summed E-state index contributed by atoms with van der Waals surface area (Å²) in [5, 5.41) is 0.422. The quantitative estimate of drug-likeness (QED) is 0.231. The topological polar surface area (TPSA) is 48.0 Å². The number of thiocarbonyl (C=S) groups is 1. The van der Waals surface area contributed by atoms with Crippen LogP contribution in [0.3, 0.4) is 0 Å². The zero-order valence-corrected chi connectivity index (χ0v) is 20.7. The van der Waals surface area contributed by atoms with Crippen LogP contribution in [0.4, 0.5) is 0 Å². The summed E-state index contributed by atoms with van der Waals surface area (Å²) in [7, 11) is 1.66. The molecular formula is C24H26ClNO4S2. The molecule has 1 saturated heterocycles. The lowest BCUT2D eigenvalue weighted by Crippen LogP contribution is -2.22. The van der Waals surface area contributed by atoms with Crippen molar-refractivity contribution in [2.45, 2.75) is 26.7 Å². The van der Waals surface area contributed by atoms with Gasteiger partial charge in [-0.2, -0.15) is 0 Å². The third-order valence-electron chi connectivity index (χ3n) is 4.75. The minimum Gasteiger partial charge on any atom is -0.493 e. The number of nitrogens with zero attached hydrogens (tertiary/aromatic N) is 1. The molecule has 8 heteroatoms. The lowest BCUT2D eigenvalue weighted by atomic mass is 10.1. The Bertz CT molecular complexity index is 1010. The lowest BCUT2D eigenvalue weighted by Gasteiger charge is -2.15. The van der Waals surface area contributed by atoms with Crippen molar-refractivity contribution < 1.29 is 19.0 Å². The molecule has 2 aromatic rings. The Morgan fingerprint density at radius 3 is 2.44 bits per heavy atom. The Morgan fingerprint density at radius 2 is 1.81 bits per heavy atom. The largest absolute Gasteiger partial charge is 0.493 e. The third-order valence-corrected chi connectivity index (χ3v) is 6.52. The first kappa shape index (κ1) is 24.4. The molecule has 0 spiro atoms. The molecule has 3 rings (SSSR count). The molecule has 1 aliphatic rings. The number of thioether (sulfide) groups is 1. The minimum atomic E-state index is -0.126. The van der Waals surface area contributed by atoms with Crippen LogP contribution in [0.2, 0.25) is 5.02 Å². The summed E-state index contributed by atoms with van der Waals surface area (Å²) in [4.78, 5) is 14.3. The second kappa shape index (κ2) is 11.6. The molecule has 0 aliphatic carbocycles. The van der Waals surface area contributed by atoms with Gasteiger partial charge in [0.05, 0.1) is 29.7 Å². The maximum Gasteiger partial charge on any atom is 0.265 e. The van der Waals surface area contributed by atoms with E-state index >= 15 is 0 Å². The molecule has 1 fully saturated rings. The van der Waals surface area contributed by atoms with Gasteiger partial charge in [-0.25, -0.2) is 0 Å². The normalized spacial score (nSPS) is 14.9. The van der Waals surface area contributed by atoms with Gasteiger partial charge < -0.3 is 14.2 Å². The third kappa shape index (κ3) is 6.18. The van der Waals surface area contributed by atoms with E-state index in [1.54, 1.807) is 19.2 Å². The highest BCUT2D eigenvalue weighted by Crippen LogP contribution is 2.39. The van der Waals surface area contributed by atoms with Crippen LogP contribution in [0, 0.1) is 0 Å². The van der Waals surface area contributed by atoms with Gasteiger partial charge in [-0.3, -0.25) is 9.69 Å². The van der Waals surface area contributed by atoms with Gasteiger partial charge in [0.15, 0.2) is 11.5 Å². The van der Waals surface area contributed by atoms with Gasteiger partial charge in [-0.05, 0) is 54.8 Å². The van der Waals surface area contributed by atoms with Crippen molar-refractivity contribution in [2.24, 2.45) is 0 Å². The van der Waals surface area contributed by atoms with E-state index in [0.29, 0.717) is 52.0 Å². The summed E-state index contributed by atoms with van der Waals surface area (Å²) in [6.45, 7) is 5.44. The van der Waals surface area contributed by atoms with Crippen molar-refractivity contribution in [3.63, 3.8) is 0 Å². The second-order valence-corrected chi connectivity index (χ2v) is 9.13. The Hall–Kier alpha value is -2.22. The predicted octanol–water partition coefficient (Wildman–Crippen LogP) is 5.98. The first-order chi connectivity index (χ1) is 15.4. The van der Waals surface area contributed by atoms with E-state index in [4.69, 9.17) is 38.0 Å². The molecule has 2 aromatic carbocycles. The smallest absolute Gasteiger partial charge is 0.265 e. The zero-order valence-electron chi connectivity index (χ0n) is 18.4. The number of likely N-dealkylation sites (N-methyl/N-ethyl adjacent to an activating group) is 1. The monoisotopic (exact) mass is 491 g/mol. The van der Waals surface area contributed by atoms with Crippen molar-refractivity contribution in [1.82, 2.24) is 4.90 Å². The molecule has 0 radical (unpaired) electrons. The highest BCUT2D eigenvalue weighted by Gasteiger charge is 2.28. The van der Waals surface area contributed by atoms with Crippen LogP contribution in [0.5, 0.6) is 17.2 Å². The predicted molar refractivity (Wildman–Crippen MR) is 135 cm³/mol. The molecule has 32 heavy (non-hydrogen) atoms. The van der Waals surface area contributed by atoms with Crippen LogP contribution < -0.4 is 14.2 Å². The average molecular weight is 492 g/mol. The summed E-state index contributed by atoms with van der Waals surface area (Å²) >= 11 is 12.9. The van der Waals surface area contributed by atoms with Crippen molar-refractivity contribution in [1.29, 1.82) is 0 Å². The Balaban J connectivity index is 1.62. The first-order valence-electron chi connectivity index (χ1n) is 10.4. The minimum absolute atomic E-state index is 0.126. The van der Waals surface area contributed by atoms with Crippen LogP contribution in [-0.4, -0.2) is 42.0 Å². The fourth-order valence-corrected chi connectivity index (χ4v) is 4.47. The molecule has 0 atom stereocenters. The van der Waals surface area contributed by atoms with Crippen molar-refractivity contribution in [3.8, 4) is 17.2 Å². The maximum absolute atomic E-state index is 12.3. The van der Waals surface area contributed by atoms with Crippen LogP contribution in [0.25, 0.3) is 6.08 Å². The van der Waals surface area contributed by atoms with Crippen molar-refractivity contribution >= 4 is 51.9 Å². The van der Waals surface area contributed by atoms with E-state index in [-0.39, 0.29) is 5.91 Å². The molecule has 5 nitrogen and oxygen atoms in total. The highest BCUT2D eigenvalue weighted by atomic mass is 35.5. The maximum atomic E-state index is 12.3. The first-order valence-corrected chi connectivity index (χ1v) is 12.1. The summed E-state index contributed by atoms with van der Waals surface area (Å²) in [5.41, 5.74) is 2.03. The van der Waals surface area contributed by atoms with Crippen molar-refractivity contribution in [3.05, 3.63) is 57.5 Å². The summed E-state index contributed by atoms with van der Waals surface area (Å²) in [6.07, 6.45) is 3.46. The Morgan fingerprint density at radius 1 is 1.09 bits per heavy atom. The second-order valence-electron chi connectivity index (χ2n) is 7.05. The van der Waals surface area contributed by atoms with E-state index in [1.165, 1.54) is 22.2 Å². The number of hydrogen-bond donors (Lipinski definition) is 0. The average Bonchev–Trinajstić information content (AvgIpc) is 3.02. The number of aryl methyl sites for hydroxylation is 1. The number of benzene rings is 2. The molecular weight excluding hydrogens is 466 g/mol. The van der Waals surface area contributed by atoms with E-state index in [1.807, 2.05) is 25.1 Å². The lowest BCUT2D eigenvalue weighted by molar-refractivity contribution is -0.121. The molecule has 1 amide bonds. The standard InChI is InChI=1S/C24H26ClNO4S2/c1-4-16-7-9-18(10-8-16)29-11-6-12-30-22-19(25)13-17(14-20(22)28-5-2)15-21-23(27)26(3)24(31)32-21/h7-10,13-15H,4-6,11-12H2,1-3H3. The summed E-state index contributed by atoms with van der Waals surface area (Å²) in [6, 6.07) is 11.7. The fraction of sp³-hybridized carbons (Fsp3) is 0.333. The zero-order chi connectivity index (χ0) is 23.1. The van der Waals surface area contributed by atoms with E-state index in [0.717, 1.165) is 17.7 Å². The molecule has 0 saturated carbocycles. The molecule has 1 heterocycles. The van der Waals surface area contributed by atoms with E-state index in [2.05, 4.69) is 19.1 Å². The van der Waals surface area contributed by atoms with Gasteiger partial charge in [0.1, 0.15) is 10.1 Å². The van der Waals surface area contributed by atoms with E-state index in [9.17, 15) is 4.79 Å². The van der Waals surface area contributed by atoms with Gasteiger partial charge in [0.25, 0.3) is 5.91 Å². The molecule has 0 N–H and O–H groups in total. The van der Waals surface area contributed by atoms with Crippen LogP contribution >= 0.6 is 35.6 Å². The molecule has 1 aliphatic heterocycles.